The maximum Gasteiger partial charge on any atom is 0.288 e. The van der Waals surface area contributed by atoms with E-state index < -0.39 is 0 Å². The normalized spacial score (nSPS) is 15.4. The first-order chi connectivity index (χ1) is 9.83. The van der Waals surface area contributed by atoms with Crippen molar-refractivity contribution in [2.24, 2.45) is 0 Å². The monoisotopic (exact) mass is 288 g/mol. The average molecular weight is 288 g/mol. The van der Waals surface area contributed by atoms with Gasteiger partial charge in [0.15, 0.2) is 6.20 Å². The summed E-state index contributed by atoms with van der Waals surface area (Å²) in [5.74, 6) is 0.209. The number of nitrogens with zero attached hydrogens (tertiary/aromatic N) is 3. The minimum absolute atomic E-state index is 0.209. The highest BCUT2D eigenvalue weighted by molar-refractivity contribution is 7.07. The highest BCUT2D eigenvalue weighted by Crippen LogP contribution is 2.15. The number of para-hydroxylation sites is 1. The van der Waals surface area contributed by atoms with Gasteiger partial charge in [0.2, 0.25) is 12.1 Å². The van der Waals surface area contributed by atoms with Crippen molar-refractivity contribution in [3.8, 4) is 0 Å². The molecule has 0 bridgehead atoms. The molecule has 0 spiro atoms. The topological polar surface area (TPSA) is 27.4 Å². The number of benzene rings is 1. The maximum absolute atomic E-state index is 12.2. The lowest BCUT2D eigenvalue weighted by Crippen LogP contribution is -2.52. The van der Waals surface area contributed by atoms with Crippen molar-refractivity contribution in [2.75, 3.05) is 31.1 Å². The molecule has 5 heteroatoms. The van der Waals surface area contributed by atoms with Crippen LogP contribution < -0.4 is 9.47 Å². The van der Waals surface area contributed by atoms with Crippen LogP contribution in [0.1, 0.15) is 0 Å². The predicted octanol–water partition coefficient (Wildman–Crippen LogP) is 1.38. The van der Waals surface area contributed by atoms with Gasteiger partial charge in [0.05, 0.1) is 5.38 Å². The van der Waals surface area contributed by atoms with Gasteiger partial charge in [0.1, 0.15) is 0 Å². The van der Waals surface area contributed by atoms with Crippen molar-refractivity contribution in [1.82, 2.24) is 4.90 Å². The Hall–Kier alpha value is -1.88. The summed E-state index contributed by atoms with van der Waals surface area (Å²) in [5.41, 5.74) is 3.21. The Balaban J connectivity index is 1.54. The molecule has 0 unspecified atom stereocenters. The van der Waals surface area contributed by atoms with Crippen molar-refractivity contribution in [2.45, 2.75) is 6.54 Å². The van der Waals surface area contributed by atoms with Crippen molar-refractivity contribution in [3.63, 3.8) is 0 Å². The van der Waals surface area contributed by atoms with Gasteiger partial charge in [-0.3, -0.25) is 4.79 Å². The smallest absolute Gasteiger partial charge is 0.288 e. The largest absolute Gasteiger partial charge is 0.368 e. The summed E-state index contributed by atoms with van der Waals surface area (Å²) in [6.07, 6.45) is 1.95. The molecular weight excluding hydrogens is 270 g/mol. The fourth-order valence-corrected chi connectivity index (χ4v) is 3.06. The van der Waals surface area contributed by atoms with E-state index in [4.69, 9.17) is 0 Å². The molecule has 0 aliphatic carbocycles. The fourth-order valence-electron chi connectivity index (χ4n) is 2.46. The Morgan fingerprint density at radius 1 is 1.15 bits per heavy atom. The summed E-state index contributed by atoms with van der Waals surface area (Å²) in [6.45, 7) is 3.87. The number of carbonyl (C=O) groups excluding carboxylic acids is 1. The van der Waals surface area contributed by atoms with E-state index in [2.05, 4.69) is 29.2 Å². The molecule has 1 fully saturated rings. The zero-order valence-electron chi connectivity index (χ0n) is 11.3. The molecule has 104 valence electrons. The van der Waals surface area contributed by atoms with E-state index >= 15 is 0 Å². The molecule has 2 aromatic rings. The van der Waals surface area contributed by atoms with Gasteiger partial charge in [-0.25, -0.2) is 0 Å². The van der Waals surface area contributed by atoms with Crippen LogP contribution in [0.2, 0.25) is 0 Å². The summed E-state index contributed by atoms with van der Waals surface area (Å²) in [5, 5.41) is 1.99. The van der Waals surface area contributed by atoms with Gasteiger partial charge in [-0.2, -0.15) is 4.57 Å². The van der Waals surface area contributed by atoms with Gasteiger partial charge in [0, 0.05) is 31.9 Å². The Morgan fingerprint density at radius 2 is 1.90 bits per heavy atom. The van der Waals surface area contributed by atoms with Crippen LogP contribution in [0.15, 0.2) is 47.4 Å². The average Bonchev–Trinajstić information content (AvgIpc) is 3.01. The number of piperazine rings is 1. The first-order valence-corrected chi connectivity index (χ1v) is 7.76. The molecular formula is C15H18N3OS+. The van der Waals surface area contributed by atoms with E-state index in [1.807, 2.05) is 32.6 Å². The molecule has 3 rings (SSSR count). The van der Waals surface area contributed by atoms with Crippen molar-refractivity contribution >= 4 is 22.9 Å². The van der Waals surface area contributed by atoms with Gasteiger partial charge in [0.25, 0.3) is 5.91 Å². The number of rotatable bonds is 3. The van der Waals surface area contributed by atoms with Gasteiger partial charge >= 0.3 is 0 Å². The van der Waals surface area contributed by atoms with Crippen molar-refractivity contribution in [1.29, 1.82) is 0 Å². The van der Waals surface area contributed by atoms with Gasteiger partial charge in [-0.05, 0) is 12.1 Å². The number of amides is 1. The fraction of sp³-hybridized carbons (Fsp3) is 0.333. The molecule has 2 heterocycles. The lowest BCUT2D eigenvalue weighted by Gasteiger charge is -2.35. The first kappa shape index (κ1) is 13.1. The van der Waals surface area contributed by atoms with Crippen LogP contribution in [-0.2, 0) is 11.3 Å². The summed E-state index contributed by atoms with van der Waals surface area (Å²) < 4.78 is 1.94. The molecule has 0 radical (unpaired) electrons. The second-order valence-corrected chi connectivity index (χ2v) is 5.66. The number of carbonyl (C=O) groups is 1. The number of thiazole rings is 1. The quantitative estimate of drug-likeness (QED) is 0.798. The van der Waals surface area contributed by atoms with Crippen LogP contribution in [0.3, 0.4) is 0 Å². The second kappa shape index (κ2) is 6.05. The first-order valence-electron chi connectivity index (χ1n) is 6.82. The van der Waals surface area contributed by atoms with Crippen LogP contribution in [0.4, 0.5) is 5.69 Å². The van der Waals surface area contributed by atoms with E-state index in [9.17, 15) is 4.79 Å². The van der Waals surface area contributed by atoms with Crippen LogP contribution in [-0.4, -0.2) is 37.0 Å². The molecule has 20 heavy (non-hydrogen) atoms. The Labute approximate surface area is 122 Å². The third kappa shape index (κ3) is 2.99. The Kier molecular flexibility index (Phi) is 3.97. The van der Waals surface area contributed by atoms with Crippen LogP contribution in [0.5, 0.6) is 0 Å². The van der Waals surface area contributed by atoms with Gasteiger partial charge in [-0.15, -0.1) is 0 Å². The highest BCUT2D eigenvalue weighted by Gasteiger charge is 2.23. The minimum Gasteiger partial charge on any atom is -0.368 e. The Morgan fingerprint density at radius 3 is 2.55 bits per heavy atom. The van der Waals surface area contributed by atoms with E-state index in [1.54, 1.807) is 11.3 Å². The van der Waals surface area contributed by atoms with Crippen molar-refractivity contribution < 1.29 is 9.36 Å². The predicted molar refractivity (Wildman–Crippen MR) is 79.7 cm³/mol. The molecule has 1 aliphatic heterocycles. The van der Waals surface area contributed by atoms with Crippen molar-refractivity contribution in [3.05, 3.63) is 47.4 Å². The van der Waals surface area contributed by atoms with E-state index in [0.29, 0.717) is 6.54 Å². The molecule has 1 amide bonds. The third-order valence-corrected chi connectivity index (χ3v) is 4.27. The Bertz CT molecular complexity index is 548. The zero-order chi connectivity index (χ0) is 13.8. The molecule has 1 aliphatic rings. The molecule has 1 aromatic carbocycles. The van der Waals surface area contributed by atoms with Gasteiger partial charge in [-0.1, -0.05) is 29.5 Å². The molecule has 0 atom stereocenters. The second-order valence-electron chi connectivity index (χ2n) is 4.90. The zero-order valence-corrected chi connectivity index (χ0v) is 12.1. The van der Waals surface area contributed by atoms with Gasteiger partial charge < -0.3 is 9.80 Å². The summed E-state index contributed by atoms with van der Waals surface area (Å²) in [4.78, 5) is 16.5. The number of hydrogen-bond donors (Lipinski definition) is 0. The molecule has 4 nitrogen and oxygen atoms in total. The molecule has 0 N–H and O–H groups in total. The molecule has 0 saturated carbocycles. The van der Waals surface area contributed by atoms with Crippen LogP contribution in [0, 0.1) is 0 Å². The SMILES string of the molecule is O=C(C[n+]1ccsc1)N1CCN(c2ccccc2)CC1. The maximum atomic E-state index is 12.2. The minimum atomic E-state index is 0.209. The number of anilines is 1. The third-order valence-electron chi connectivity index (χ3n) is 3.60. The summed E-state index contributed by atoms with van der Waals surface area (Å²) in [6, 6.07) is 10.4. The lowest BCUT2D eigenvalue weighted by atomic mass is 10.2. The van der Waals surface area contributed by atoms with Crippen LogP contribution in [0.25, 0.3) is 0 Å². The number of aromatic nitrogens is 1. The molecule has 1 saturated heterocycles. The van der Waals surface area contributed by atoms with E-state index in [-0.39, 0.29) is 5.91 Å². The van der Waals surface area contributed by atoms with Crippen LogP contribution >= 0.6 is 11.3 Å². The van der Waals surface area contributed by atoms with E-state index in [0.717, 1.165) is 26.2 Å². The summed E-state index contributed by atoms with van der Waals surface area (Å²) >= 11 is 1.61. The number of hydrogen-bond acceptors (Lipinski definition) is 3. The lowest BCUT2D eigenvalue weighted by molar-refractivity contribution is -0.680. The highest BCUT2D eigenvalue weighted by atomic mass is 32.1. The standard InChI is InChI=1S/C15H18N3OS/c19-15(12-16-10-11-20-13-16)18-8-6-17(7-9-18)14-4-2-1-3-5-14/h1-5,10-11,13H,6-9,12H2/q+1. The van der Waals surface area contributed by atoms with E-state index in [1.165, 1.54) is 5.69 Å². The molecule has 1 aromatic heterocycles. The summed E-state index contributed by atoms with van der Waals surface area (Å²) in [7, 11) is 0.